The van der Waals surface area contributed by atoms with Crippen LogP contribution < -0.4 is 10.1 Å². The molecule has 1 aromatic rings. The van der Waals surface area contributed by atoms with E-state index in [1.807, 2.05) is 0 Å². The molecule has 2 nitrogen and oxygen atoms in total. The zero-order valence-corrected chi connectivity index (χ0v) is 13.4. The Morgan fingerprint density at radius 1 is 1.20 bits per heavy atom. The van der Waals surface area contributed by atoms with E-state index in [0.29, 0.717) is 6.10 Å². The molecule has 2 rings (SSSR count). The Morgan fingerprint density at radius 2 is 1.85 bits per heavy atom. The van der Waals surface area contributed by atoms with Crippen molar-refractivity contribution < 1.29 is 4.74 Å². The van der Waals surface area contributed by atoms with Gasteiger partial charge in [-0.2, -0.15) is 0 Å². The highest BCUT2D eigenvalue weighted by atomic mass is 16.5. The smallest absolute Gasteiger partial charge is 0.119 e. The van der Waals surface area contributed by atoms with Crippen LogP contribution >= 0.6 is 0 Å². The summed E-state index contributed by atoms with van der Waals surface area (Å²) >= 11 is 0. The van der Waals surface area contributed by atoms with Crippen LogP contribution in [0.4, 0.5) is 0 Å². The van der Waals surface area contributed by atoms with Crippen LogP contribution in [0.1, 0.15) is 58.9 Å². The monoisotopic (exact) mass is 275 g/mol. The van der Waals surface area contributed by atoms with E-state index in [2.05, 4.69) is 57.3 Å². The maximum absolute atomic E-state index is 6.14. The third kappa shape index (κ3) is 4.82. The summed E-state index contributed by atoms with van der Waals surface area (Å²) in [5, 5.41) is 3.57. The van der Waals surface area contributed by atoms with E-state index in [-0.39, 0.29) is 5.41 Å². The van der Waals surface area contributed by atoms with Crippen LogP contribution in [-0.2, 0) is 5.41 Å². The van der Waals surface area contributed by atoms with Crippen molar-refractivity contribution in [2.75, 3.05) is 6.54 Å². The highest BCUT2D eigenvalue weighted by molar-refractivity contribution is 5.31. The molecule has 0 spiro atoms. The quantitative estimate of drug-likeness (QED) is 0.802. The summed E-state index contributed by atoms with van der Waals surface area (Å²) in [5.41, 5.74) is 1.56. The standard InChI is InChI=1S/C18H29NO/c1-5-6-17(13-19-15-9-10-15)20-16-11-7-14(8-12-16)18(2,3)4/h7-8,11-12,15,17,19H,5-6,9-10,13H2,1-4H3. The Kier molecular flexibility index (Phi) is 5.09. The van der Waals surface area contributed by atoms with Crippen LogP contribution in [-0.4, -0.2) is 18.7 Å². The molecule has 1 aliphatic rings. The molecule has 1 N–H and O–H groups in total. The van der Waals surface area contributed by atoms with Crippen molar-refractivity contribution in [2.24, 2.45) is 0 Å². The highest BCUT2D eigenvalue weighted by Crippen LogP contribution is 2.25. The third-order valence-corrected chi connectivity index (χ3v) is 3.85. The van der Waals surface area contributed by atoms with E-state index in [1.54, 1.807) is 0 Å². The number of nitrogens with one attached hydrogen (secondary N) is 1. The number of ether oxygens (including phenoxy) is 1. The molecule has 1 atom stereocenters. The average molecular weight is 275 g/mol. The molecule has 20 heavy (non-hydrogen) atoms. The van der Waals surface area contributed by atoms with Crippen LogP contribution in [0.3, 0.4) is 0 Å². The van der Waals surface area contributed by atoms with Gasteiger partial charge >= 0.3 is 0 Å². The van der Waals surface area contributed by atoms with Crippen molar-refractivity contribution in [3.63, 3.8) is 0 Å². The van der Waals surface area contributed by atoms with Gasteiger partial charge in [0.05, 0.1) is 0 Å². The summed E-state index contributed by atoms with van der Waals surface area (Å²) in [6, 6.07) is 9.35. The van der Waals surface area contributed by atoms with Crippen molar-refractivity contribution in [2.45, 2.75) is 70.9 Å². The first kappa shape index (κ1) is 15.4. The predicted molar refractivity (Wildman–Crippen MR) is 85.5 cm³/mol. The second kappa shape index (κ2) is 6.62. The molecule has 0 aromatic heterocycles. The number of rotatable bonds is 7. The summed E-state index contributed by atoms with van der Waals surface area (Å²) in [5.74, 6) is 0.994. The van der Waals surface area contributed by atoms with Gasteiger partial charge in [-0.05, 0) is 42.4 Å². The predicted octanol–water partition coefficient (Wildman–Crippen LogP) is 4.28. The van der Waals surface area contributed by atoms with Gasteiger partial charge in [0.15, 0.2) is 0 Å². The average Bonchev–Trinajstić information content (AvgIpc) is 3.20. The number of benzene rings is 1. The van der Waals surface area contributed by atoms with Gasteiger partial charge in [-0.3, -0.25) is 0 Å². The van der Waals surface area contributed by atoms with Crippen molar-refractivity contribution in [1.82, 2.24) is 5.32 Å². The zero-order valence-electron chi connectivity index (χ0n) is 13.4. The van der Waals surface area contributed by atoms with Crippen molar-refractivity contribution in [1.29, 1.82) is 0 Å². The highest BCUT2D eigenvalue weighted by Gasteiger charge is 2.22. The van der Waals surface area contributed by atoms with Crippen LogP contribution in [0, 0.1) is 0 Å². The fraction of sp³-hybridized carbons (Fsp3) is 0.667. The molecule has 112 valence electrons. The maximum atomic E-state index is 6.14. The van der Waals surface area contributed by atoms with Gasteiger partial charge < -0.3 is 10.1 Å². The van der Waals surface area contributed by atoms with Crippen LogP contribution in [0.2, 0.25) is 0 Å². The molecule has 1 aliphatic carbocycles. The lowest BCUT2D eigenvalue weighted by Crippen LogP contribution is -2.32. The summed E-state index contributed by atoms with van der Waals surface area (Å²) in [7, 11) is 0. The minimum atomic E-state index is 0.203. The summed E-state index contributed by atoms with van der Waals surface area (Å²) in [6.07, 6.45) is 5.23. The summed E-state index contributed by atoms with van der Waals surface area (Å²) < 4.78 is 6.14. The summed E-state index contributed by atoms with van der Waals surface area (Å²) in [4.78, 5) is 0. The minimum Gasteiger partial charge on any atom is -0.489 e. The molecule has 0 saturated heterocycles. The Hall–Kier alpha value is -1.02. The summed E-state index contributed by atoms with van der Waals surface area (Å²) in [6.45, 7) is 9.91. The van der Waals surface area contributed by atoms with E-state index in [0.717, 1.165) is 31.2 Å². The van der Waals surface area contributed by atoms with Crippen LogP contribution in [0.15, 0.2) is 24.3 Å². The van der Waals surface area contributed by atoms with Gasteiger partial charge in [0, 0.05) is 12.6 Å². The molecular weight excluding hydrogens is 246 g/mol. The normalized spacial score (nSPS) is 17.0. The minimum absolute atomic E-state index is 0.203. The lowest BCUT2D eigenvalue weighted by molar-refractivity contribution is 0.186. The first-order chi connectivity index (χ1) is 9.49. The fourth-order valence-corrected chi connectivity index (χ4v) is 2.34. The van der Waals surface area contributed by atoms with E-state index in [4.69, 9.17) is 4.74 Å². The number of hydrogen-bond acceptors (Lipinski definition) is 2. The molecule has 0 bridgehead atoms. The molecule has 0 heterocycles. The van der Waals surface area contributed by atoms with Crippen molar-refractivity contribution in [3.8, 4) is 5.75 Å². The van der Waals surface area contributed by atoms with Gasteiger partial charge in [-0.15, -0.1) is 0 Å². The Labute approximate surface area is 123 Å². The lowest BCUT2D eigenvalue weighted by atomic mass is 9.87. The second-order valence-corrected chi connectivity index (χ2v) is 6.99. The van der Waals surface area contributed by atoms with Gasteiger partial charge in [-0.25, -0.2) is 0 Å². The first-order valence-corrected chi connectivity index (χ1v) is 7.99. The maximum Gasteiger partial charge on any atom is 0.119 e. The van der Waals surface area contributed by atoms with Crippen LogP contribution in [0.25, 0.3) is 0 Å². The first-order valence-electron chi connectivity index (χ1n) is 7.99. The van der Waals surface area contributed by atoms with Crippen molar-refractivity contribution >= 4 is 0 Å². The van der Waals surface area contributed by atoms with Crippen LogP contribution in [0.5, 0.6) is 5.75 Å². The van der Waals surface area contributed by atoms with E-state index in [9.17, 15) is 0 Å². The van der Waals surface area contributed by atoms with E-state index < -0.39 is 0 Å². The SMILES string of the molecule is CCCC(CNC1CC1)Oc1ccc(C(C)(C)C)cc1. The van der Waals surface area contributed by atoms with E-state index in [1.165, 1.54) is 18.4 Å². The molecule has 0 amide bonds. The Morgan fingerprint density at radius 3 is 2.35 bits per heavy atom. The molecule has 1 unspecified atom stereocenters. The van der Waals surface area contributed by atoms with Crippen molar-refractivity contribution in [3.05, 3.63) is 29.8 Å². The van der Waals surface area contributed by atoms with Gasteiger partial charge in [-0.1, -0.05) is 46.2 Å². The molecule has 1 fully saturated rings. The second-order valence-electron chi connectivity index (χ2n) is 6.99. The molecular formula is C18H29NO. The fourth-order valence-electron chi connectivity index (χ4n) is 2.34. The van der Waals surface area contributed by atoms with Gasteiger partial charge in [0.25, 0.3) is 0 Å². The topological polar surface area (TPSA) is 21.3 Å². The molecule has 1 saturated carbocycles. The number of hydrogen-bond donors (Lipinski definition) is 1. The third-order valence-electron chi connectivity index (χ3n) is 3.85. The molecule has 0 radical (unpaired) electrons. The van der Waals surface area contributed by atoms with Gasteiger partial charge in [0.2, 0.25) is 0 Å². The molecule has 0 aliphatic heterocycles. The zero-order chi connectivity index (χ0) is 14.6. The molecule has 1 aromatic carbocycles. The Balaban J connectivity index is 1.91. The largest absolute Gasteiger partial charge is 0.489 e. The molecule has 2 heteroatoms. The Bertz CT molecular complexity index is 400. The van der Waals surface area contributed by atoms with Gasteiger partial charge in [0.1, 0.15) is 11.9 Å². The van der Waals surface area contributed by atoms with E-state index >= 15 is 0 Å². The lowest BCUT2D eigenvalue weighted by Gasteiger charge is -2.22.